The third-order valence-corrected chi connectivity index (χ3v) is 2.78. The van der Waals surface area contributed by atoms with E-state index in [-0.39, 0.29) is 0 Å². The number of thioether (sulfide) groups is 1. The van der Waals surface area contributed by atoms with Crippen molar-refractivity contribution in [1.82, 2.24) is 0 Å². The van der Waals surface area contributed by atoms with Crippen LogP contribution in [0.3, 0.4) is 0 Å². The van der Waals surface area contributed by atoms with Crippen molar-refractivity contribution in [3.63, 3.8) is 0 Å². The Hall–Kier alpha value is -0.760. The van der Waals surface area contributed by atoms with Gasteiger partial charge in [0, 0.05) is 12.2 Å². The Morgan fingerprint density at radius 2 is 1.93 bits per heavy atom. The summed E-state index contributed by atoms with van der Waals surface area (Å²) in [5, 5.41) is 0.295. The highest BCUT2D eigenvalue weighted by atomic mass is 32.2. The molecule has 0 amide bonds. The third kappa shape index (κ3) is 4.47. The predicted octanol–water partition coefficient (Wildman–Crippen LogP) is 3.49. The van der Waals surface area contributed by atoms with Gasteiger partial charge in [-0.3, -0.25) is 4.79 Å². The van der Waals surface area contributed by atoms with Crippen molar-refractivity contribution in [3.05, 3.63) is 35.9 Å². The Balaban J connectivity index is 2.31. The largest absolute Gasteiger partial charge is 0.287 e. The second-order valence-corrected chi connectivity index (χ2v) is 4.78. The van der Waals surface area contributed by atoms with E-state index in [9.17, 15) is 4.79 Å². The summed E-state index contributed by atoms with van der Waals surface area (Å²) in [5.74, 6) is 1.26. The van der Waals surface area contributed by atoms with Crippen LogP contribution in [-0.2, 0) is 10.5 Å². The molecule has 0 aliphatic carbocycles. The first-order valence-electron chi connectivity index (χ1n) is 4.88. The van der Waals surface area contributed by atoms with Crippen molar-refractivity contribution in [2.45, 2.75) is 26.0 Å². The summed E-state index contributed by atoms with van der Waals surface area (Å²) >= 11 is 1.42. The van der Waals surface area contributed by atoms with Gasteiger partial charge in [0.25, 0.3) is 0 Å². The molecule has 0 spiro atoms. The van der Waals surface area contributed by atoms with E-state index in [0.29, 0.717) is 17.5 Å². The van der Waals surface area contributed by atoms with Crippen LogP contribution in [0.15, 0.2) is 30.3 Å². The fourth-order valence-electron chi connectivity index (χ4n) is 1.13. The lowest BCUT2D eigenvalue weighted by Gasteiger charge is -2.03. The summed E-state index contributed by atoms with van der Waals surface area (Å²) in [4.78, 5) is 11.4. The van der Waals surface area contributed by atoms with Gasteiger partial charge in [-0.2, -0.15) is 0 Å². The molecule has 0 bridgehead atoms. The maximum absolute atomic E-state index is 11.4. The summed E-state index contributed by atoms with van der Waals surface area (Å²) in [5.41, 5.74) is 1.22. The van der Waals surface area contributed by atoms with E-state index in [1.807, 2.05) is 18.2 Å². The Bertz CT molecular complexity index is 280. The molecule has 0 aromatic heterocycles. The second kappa shape index (κ2) is 5.86. The number of hydrogen-bond donors (Lipinski definition) is 0. The van der Waals surface area contributed by atoms with E-state index in [1.54, 1.807) is 0 Å². The molecule has 0 atom stereocenters. The number of carbonyl (C=O) groups is 1. The molecule has 14 heavy (non-hydrogen) atoms. The molecule has 2 heteroatoms. The van der Waals surface area contributed by atoms with Crippen LogP contribution in [0.2, 0.25) is 0 Å². The highest BCUT2D eigenvalue weighted by Crippen LogP contribution is 2.16. The fraction of sp³-hybridized carbons (Fsp3) is 0.417. The molecule has 0 fully saturated rings. The molecule has 0 unspecified atom stereocenters. The van der Waals surface area contributed by atoms with Crippen molar-refractivity contribution < 1.29 is 4.79 Å². The highest BCUT2D eigenvalue weighted by Gasteiger charge is 2.05. The van der Waals surface area contributed by atoms with Gasteiger partial charge in [0.1, 0.15) is 0 Å². The molecule has 0 heterocycles. The molecular weight excluding hydrogens is 192 g/mol. The molecule has 0 aliphatic heterocycles. The Morgan fingerprint density at radius 3 is 2.50 bits per heavy atom. The monoisotopic (exact) mass is 208 g/mol. The van der Waals surface area contributed by atoms with E-state index in [2.05, 4.69) is 26.0 Å². The van der Waals surface area contributed by atoms with Gasteiger partial charge in [-0.05, 0) is 11.5 Å². The number of carbonyl (C=O) groups excluding carboxylic acids is 1. The highest BCUT2D eigenvalue weighted by molar-refractivity contribution is 8.12. The van der Waals surface area contributed by atoms with Crippen LogP contribution in [-0.4, -0.2) is 5.12 Å². The van der Waals surface area contributed by atoms with Gasteiger partial charge in [0.05, 0.1) is 0 Å². The van der Waals surface area contributed by atoms with Gasteiger partial charge >= 0.3 is 0 Å². The zero-order valence-electron chi connectivity index (χ0n) is 8.69. The average molecular weight is 208 g/mol. The SMILES string of the molecule is CC(C)CC(=O)SCc1ccccc1. The van der Waals surface area contributed by atoms with Crippen molar-refractivity contribution >= 4 is 16.9 Å². The summed E-state index contributed by atoms with van der Waals surface area (Å²) < 4.78 is 0. The van der Waals surface area contributed by atoms with E-state index < -0.39 is 0 Å². The third-order valence-electron chi connectivity index (χ3n) is 1.82. The van der Waals surface area contributed by atoms with E-state index >= 15 is 0 Å². The lowest BCUT2D eigenvalue weighted by molar-refractivity contribution is -0.111. The van der Waals surface area contributed by atoms with E-state index in [1.165, 1.54) is 17.3 Å². The Labute approximate surface area is 89.9 Å². The summed E-state index contributed by atoms with van der Waals surface area (Å²) in [6.45, 7) is 4.14. The molecule has 0 N–H and O–H groups in total. The van der Waals surface area contributed by atoms with Gasteiger partial charge in [-0.1, -0.05) is 55.9 Å². The van der Waals surface area contributed by atoms with E-state index in [4.69, 9.17) is 0 Å². The number of benzene rings is 1. The van der Waals surface area contributed by atoms with Gasteiger partial charge in [0.15, 0.2) is 5.12 Å². The number of hydrogen-bond acceptors (Lipinski definition) is 2. The minimum absolute atomic E-state index is 0.295. The quantitative estimate of drug-likeness (QED) is 0.753. The van der Waals surface area contributed by atoms with Crippen LogP contribution in [0.25, 0.3) is 0 Å². The zero-order valence-corrected chi connectivity index (χ0v) is 9.51. The van der Waals surface area contributed by atoms with Gasteiger partial charge in [-0.15, -0.1) is 0 Å². The van der Waals surface area contributed by atoms with Crippen LogP contribution < -0.4 is 0 Å². The lowest BCUT2D eigenvalue weighted by Crippen LogP contribution is -1.98. The molecule has 1 nitrogen and oxygen atoms in total. The molecule has 1 rings (SSSR count). The maximum Gasteiger partial charge on any atom is 0.189 e. The Kier molecular flexibility index (Phi) is 4.74. The molecule has 1 aromatic carbocycles. The summed E-state index contributed by atoms with van der Waals surface area (Å²) in [6, 6.07) is 10.1. The van der Waals surface area contributed by atoms with Crippen LogP contribution in [0, 0.1) is 5.92 Å². The average Bonchev–Trinajstić information content (AvgIpc) is 2.15. The van der Waals surface area contributed by atoms with Gasteiger partial charge < -0.3 is 0 Å². The smallest absolute Gasteiger partial charge is 0.189 e. The Morgan fingerprint density at radius 1 is 1.29 bits per heavy atom. The standard InChI is InChI=1S/C12H16OS/c1-10(2)8-12(13)14-9-11-6-4-3-5-7-11/h3-7,10H,8-9H2,1-2H3. The molecule has 76 valence electrons. The van der Waals surface area contributed by atoms with Crippen LogP contribution in [0.5, 0.6) is 0 Å². The molecule has 0 saturated heterocycles. The van der Waals surface area contributed by atoms with Crippen molar-refractivity contribution in [2.75, 3.05) is 0 Å². The topological polar surface area (TPSA) is 17.1 Å². The molecular formula is C12H16OS. The first-order chi connectivity index (χ1) is 6.68. The minimum Gasteiger partial charge on any atom is -0.287 e. The van der Waals surface area contributed by atoms with Crippen molar-refractivity contribution in [1.29, 1.82) is 0 Å². The zero-order chi connectivity index (χ0) is 10.4. The van der Waals surface area contributed by atoms with E-state index in [0.717, 1.165) is 5.75 Å². The second-order valence-electron chi connectivity index (χ2n) is 3.74. The van der Waals surface area contributed by atoms with Crippen LogP contribution in [0.1, 0.15) is 25.8 Å². The summed E-state index contributed by atoms with van der Waals surface area (Å²) in [7, 11) is 0. The fourth-order valence-corrected chi connectivity index (χ4v) is 2.10. The minimum atomic E-state index is 0.295. The lowest BCUT2D eigenvalue weighted by atomic mass is 10.2. The first-order valence-corrected chi connectivity index (χ1v) is 5.86. The molecule has 0 aliphatic rings. The predicted molar refractivity (Wildman–Crippen MR) is 62.2 cm³/mol. The normalized spacial score (nSPS) is 10.5. The molecule has 0 saturated carbocycles. The molecule has 1 aromatic rings. The van der Waals surface area contributed by atoms with Gasteiger partial charge in [-0.25, -0.2) is 0 Å². The molecule has 0 radical (unpaired) electrons. The van der Waals surface area contributed by atoms with Crippen LogP contribution in [0.4, 0.5) is 0 Å². The first kappa shape index (κ1) is 11.3. The summed E-state index contributed by atoms with van der Waals surface area (Å²) in [6.07, 6.45) is 0.678. The van der Waals surface area contributed by atoms with Crippen molar-refractivity contribution in [3.8, 4) is 0 Å². The van der Waals surface area contributed by atoms with Crippen LogP contribution >= 0.6 is 11.8 Å². The maximum atomic E-state index is 11.4. The number of rotatable bonds is 4. The van der Waals surface area contributed by atoms with Crippen molar-refractivity contribution in [2.24, 2.45) is 5.92 Å². The van der Waals surface area contributed by atoms with Gasteiger partial charge in [0.2, 0.25) is 0 Å².